The Morgan fingerprint density at radius 1 is 1.19 bits per heavy atom. The number of ether oxygens (including phenoxy) is 1. The first-order valence-corrected chi connectivity index (χ1v) is 12.8. The van der Waals surface area contributed by atoms with Crippen molar-refractivity contribution in [1.29, 1.82) is 0 Å². The van der Waals surface area contributed by atoms with Crippen LogP contribution in [0, 0.1) is 31.1 Å². The number of amides is 2. The standard InChI is InChI=1S/C27H30ClN5O3.ClH/c1-14-7-17(28)8-20(19(14)9-18-10-29-5-6-36-18)23-24-15(2)16(12-33(24)31-13-30-23)11-32-25(34)21-22(26(32)35)27(21,3)4;/h7-8,12-13,18,21-22,29H,5-6,9-11H2,1-4H3;1H. The molecule has 1 saturated carbocycles. The van der Waals surface area contributed by atoms with Crippen LogP contribution in [0.2, 0.25) is 5.02 Å². The molecule has 0 bridgehead atoms. The lowest BCUT2D eigenvalue weighted by Gasteiger charge is -2.25. The van der Waals surface area contributed by atoms with E-state index < -0.39 is 0 Å². The molecule has 8 nitrogen and oxygen atoms in total. The number of carbonyl (C=O) groups excluding carboxylic acids is 2. The Labute approximate surface area is 227 Å². The SMILES string of the molecule is Cc1cc(Cl)cc(-c2ncnn3cc(CN4C(=O)C5C(C4=O)C5(C)C)c(C)c23)c1CC1CNCCO1.Cl. The molecule has 3 fully saturated rings. The lowest BCUT2D eigenvalue weighted by atomic mass is 9.93. The van der Waals surface area contributed by atoms with E-state index in [0.29, 0.717) is 11.6 Å². The minimum absolute atomic E-state index is 0. The molecule has 3 unspecified atom stereocenters. The van der Waals surface area contributed by atoms with Crippen LogP contribution < -0.4 is 5.32 Å². The van der Waals surface area contributed by atoms with Crippen molar-refractivity contribution < 1.29 is 14.3 Å². The molecule has 1 aromatic carbocycles. The van der Waals surface area contributed by atoms with Crippen LogP contribution in [0.4, 0.5) is 0 Å². The lowest BCUT2D eigenvalue weighted by molar-refractivity contribution is -0.143. The fourth-order valence-corrected chi connectivity index (χ4v) is 6.40. The van der Waals surface area contributed by atoms with Gasteiger partial charge in [-0.05, 0) is 53.6 Å². The summed E-state index contributed by atoms with van der Waals surface area (Å²) < 4.78 is 7.78. The summed E-state index contributed by atoms with van der Waals surface area (Å²) in [6.07, 6.45) is 4.25. The average molecular weight is 544 g/mol. The van der Waals surface area contributed by atoms with Crippen LogP contribution in [0.1, 0.15) is 36.1 Å². The number of nitrogens with zero attached hydrogens (tertiary/aromatic N) is 4. The van der Waals surface area contributed by atoms with Crippen molar-refractivity contribution in [3.05, 3.63) is 51.9 Å². The number of carbonyl (C=O) groups is 2. The van der Waals surface area contributed by atoms with Crippen LogP contribution in [0.3, 0.4) is 0 Å². The lowest BCUT2D eigenvalue weighted by Crippen LogP contribution is -2.39. The molecule has 4 heterocycles. The Balaban J connectivity index is 0.00000280. The van der Waals surface area contributed by atoms with Crippen molar-refractivity contribution in [2.45, 2.75) is 46.8 Å². The number of likely N-dealkylation sites (tertiary alicyclic amines) is 1. The van der Waals surface area contributed by atoms with Gasteiger partial charge in [0.15, 0.2) is 0 Å². The predicted molar refractivity (Wildman–Crippen MR) is 143 cm³/mol. The van der Waals surface area contributed by atoms with E-state index in [9.17, 15) is 9.59 Å². The number of rotatable bonds is 5. The molecule has 2 amide bonds. The summed E-state index contributed by atoms with van der Waals surface area (Å²) in [6, 6.07) is 3.93. The van der Waals surface area contributed by atoms with Gasteiger partial charge in [-0.3, -0.25) is 14.5 Å². The van der Waals surface area contributed by atoms with Crippen molar-refractivity contribution in [3.63, 3.8) is 0 Å². The molecule has 3 atom stereocenters. The number of aryl methyl sites for hydroxylation is 2. The maximum atomic E-state index is 12.9. The quantitative estimate of drug-likeness (QED) is 0.493. The van der Waals surface area contributed by atoms with Crippen LogP contribution in [0.15, 0.2) is 24.7 Å². The number of imide groups is 1. The second-order valence-electron chi connectivity index (χ2n) is 10.9. The van der Waals surface area contributed by atoms with E-state index in [1.54, 1.807) is 4.52 Å². The Kier molecular flexibility index (Phi) is 6.59. The van der Waals surface area contributed by atoms with Crippen molar-refractivity contribution in [1.82, 2.24) is 24.8 Å². The summed E-state index contributed by atoms with van der Waals surface area (Å²) in [4.78, 5) is 32.0. The summed E-state index contributed by atoms with van der Waals surface area (Å²) in [7, 11) is 0. The topological polar surface area (TPSA) is 88.8 Å². The maximum absolute atomic E-state index is 12.9. The number of hydrogen-bond acceptors (Lipinski definition) is 6. The highest BCUT2D eigenvalue weighted by atomic mass is 35.5. The Morgan fingerprint density at radius 2 is 1.92 bits per heavy atom. The monoisotopic (exact) mass is 543 g/mol. The zero-order valence-electron chi connectivity index (χ0n) is 21.4. The van der Waals surface area contributed by atoms with E-state index in [4.69, 9.17) is 21.3 Å². The van der Waals surface area contributed by atoms with E-state index in [-0.39, 0.29) is 54.1 Å². The molecular weight excluding hydrogens is 513 g/mol. The van der Waals surface area contributed by atoms with Crippen LogP contribution >= 0.6 is 24.0 Å². The fraction of sp³-hybridized carbons (Fsp3) is 0.481. The second-order valence-corrected chi connectivity index (χ2v) is 11.3. The molecule has 6 rings (SSSR count). The van der Waals surface area contributed by atoms with Crippen LogP contribution in [-0.2, 0) is 27.3 Å². The van der Waals surface area contributed by atoms with Gasteiger partial charge in [0.2, 0.25) is 11.8 Å². The molecule has 3 aromatic rings. The predicted octanol–water partition coefficient (Wildman–Crippen LogP) is 3.76. The van der Waals surface area contributed by atoms with E-state index in [1.165, 1.54) is 11.2 Å². The summed E-state index contributed by atoms with van der Waals surface area (Å²) >= 11 is 6.52. The van der Waals surface area contributed by atoms with Gasteiger partial charge in [0.05, 0.1) is 42.3 Å². The minimum atomic E-state index is -0.220. The van der Waals surface area contributed by atoms with E-state index in [2.05, 4.69) is 17.3 Å². The second kappa shape index (κ2) is 9.34. The maximum Gasteiger partial charge on any atom is 0.233 e. The van der Waals surface area contributed by atoms with Crippen LogP contribution in [-0.4, -0.2) is 57.1 Å². The zero-order chi connectivity index (χ0) is 25.4. The molecule has 196 valence electrons. The van der Waals surface area contributed by atoms with Gasteiger partial charge in [-0.15, -0.1) is 12.4 Å². The highest BCUT2D eigenvalue weighted by molar-refractivity contribution is 6.31. The van der Waals surface area contributed by atoms with Crippen molar-refractivity contribution in [3.8, 4) is 11.3 Å². The highest BCUT2D eigenvalue weighted by Crippen LogP contribution is 2.63. The van der Waals surface area contributed by atoms with E-state index in [0.717, 1.165) is 58.5 Å². The molecule has 0 spiro atoms. The third kappa shape index (κ3) is 4.14. The molecule has 2 aliphatic heterocycles. The van der Waals surface area contributed by atoms with Crippen LogP contribution in [0.25, 0.3) is 16.8 Å². The number of benzene rings is 1. The number of nitrogens with one attached hydrogen (secondary N) is 1. The molecule has 1 aliphatic carbocycles. The molecular formula is C27H31Cl2N5O3. The number of morpholine rings is 1. The van der Waals surface area contributed by atoms with Gasteiger partial charge in [-0.1, -0.05) is 25.4 Å². The van der Waals surface area contributed by atoms with Crippen molar-refractivity contribution in [2.24, 2.45) is 17.3 Å². The number of halogens is 2. The van der Waals surface area contributed by atoms with Gasteiger partial charge in [0.1, 0.15) is 6.33 Å². The number of piperidine rings is 1. The van der Waals surface area contributed by atoms with Gasteiger partial charge >= 0.3 is 0 Å². The third-order valence-electron chi connectivity index (χ3n) is 8.28. The molecule has 2 aromatic heterocycles. The van der Waals surface area contributed by atoms with Gasteiger partial charge in [-0.25, -0.2) is 9.50 Å². The Hall–Kier alpha value is -2.52. The van der Waals surface area contributed by atoms with Gasteiger partial charge < -0.3 is 10.1 Å². The Bertz CT molecular complexity index is 1390. The Morgan fingerprint density at radius 3 is 2.59 bits per heavy atom. The number of hydrogen-bond donors (Lipinski definition) is 1. The van der Waals surface area contributed by atoms with Gasteiger partial charge in [0, 0.05) is 36.3 Å². The summed E-state index contributed by atoms with van der Waals surface area (Å²) in [5, 5.41) is 8.49. The van der Waals surface area contributed by atoms with Gasteiger partial charge in [-0.2, -0.15) is 5.10 Å². The van der Waals surface area contributed by atoms with E-state index in [1.807, 2.05) is 39.1 Å². The highest BCUT2D eigenvalue weighted by Gasteiger charge is 2.72. The molecule has 0 radical (unpaired) electrons. The van der Waals surface area contributed by atoms with Crippen molar-refractivity contribution >= 4 is 41.3 Å². The fourth-order valence-electron chi connectivity index (χ4n) is 6.13. The molecule has 2 saturated heterocycles. The number of aromatic nitrogens is 3. The summed E-state index contributed by atoms with van der Waals surface area (Å²) in [5.41, 5.74) is 6.42. The van der Waals surface area contributed by atoms with Gasteiger partial charge in [0.25, 0.3) is 0 Å². The first-order valence-electron chi connectivity index (χ1n) is 12.5. The van der Waals surface area contributed by atoms with E-state index >= 15 is 0 Å². The first-order chi connectivity index (χ1) is 17.2. The molecule has 10 heteroatoms. The third-order valence-corrected chi connectivity index (χ3v) is 8.50. The van der Waals surface area contributed by atoms with Crippen LogP contribution in [0.5, 0.6) is 0 Å². The largest absolute Gasteiger partial charge is 0.375 e. The molecule has 37 heavy (non-hydrogen) atoms. The first kappa shape index (κ1) is 26.1. The summed E-state index contributed by atoms with van der Waals surface area (Å²) in [5.74, 6) is -0.507. The zero-order valence-corrected chi connectivity index (χ0v) is 22.9. The minimum Gasteiger partial charge on any atom is -0.375 e. The number of fused-ring (bicyclic) bond motifs is 2. The normalized spacial score (nSPS) is 24.4. The smallest absolute Gasteiger partial charge is 0.233 e. The summed E-state index contributed by atoms with van der Waals surface area (Å²) in [6.45, 7) is 10.7. The average Bonchev–Trinajstić information content (AvgIpc) is 3.12. The van der Waals surface area contributed by atoms with Crippen molar-refractivity contribution in [2.75, 3.05) is 19.7 Å². The molecule has 3 aliphatic rings. The molecule has 1 N–H and O–H groups in total.